The van der Waals surface area contributed by atoms with Gasteiger partial charge in [-0.15, -0.1) is 0 Å². The van der Waals surface area contributed by atoms with Crippen LogP contribution in [-0.4, -0.2) is 0 Å². The van der Waals surface area contributed by atoms with E-state index in [1.807, 2.05) is 0 Å². The normalized spacial score (nSPS) is 14.1. The van der Waals surface area contributed by atoms with Gasteiger partial charge in [-0.25, -0.2) is 0 Å². The zero-order valence-corrected chi connectivity index (χ0v) is 35.5. The Balaban J connectivity index is 1.10. The molecule has 0 N–H and O–H groups in total. The summed E-state index contributed by atoms with van der Waals surface area (Å²) >= 11 is 0. The first-order valence-corrected chi connectivity index (χ1v) is 22.6. The van der Waals surface area contributed by atoms with E-state index in [1.54, 1.807) is 0 Å². The fourth-order valence-corrected chi connectivity index (χ4v) is 10.9. The van der Waals surface area contributed by atoms with E-state index in [0.29, 0.717) is 0 Å². The molecule has 2 aliphatic heterocycles. The summed E-state index contributed by atoms with van der Waals surface area (Å²) in [5, 5.41) is 7.43. The van der Waals surface area contributed by atoms with Crippen LogP contribution in [0, 0.1) is 0 Å². The summed E-state index contributed by atoms with van der Waals surface area (Å²) in [5.74, 6) is 0. The average Bonchev–Trinajstić information content (AvgIpc) is 3.36. The highest BCUT2D eigenvalue weighted by molar-refractivity contribution is 6.23. The lowest BCUT2D eigenvalue weighted by atomic mass is 9.84. The van der Waals surface area contributed by atoms with Crippen LogP contribution in [0.3, 0.4) is 0 Å². The third-order valence-electron chi connectivity index (χ3n) is 13.9. The maximum absolute atomic E-state index is 2.52. The topological polar surface area (TPSA) is 6.48 Å². The maximum Gasteiger partial charge on any atom is 0.0497 e. The highest BCUT2D eigenvalue weighted by atomic mass is 15.2. The summed E-state index contributed by atoms with van der Waals surface area (Å²) in [6.07, 6.45) is 8.83. The van der Waals surface area contributed by atoms with Gasteiger partial charge in [-0.1, -0.05) is 158 Å². The molecular formula is C62H44N2. The van der Waals surface area contributed by atoms with Crippen molar-refractivity contribution in [3.8, 4) is 33.4 Å². The summed E-state index contributed by atoms with van der Waals surface area (Å²) in [6, 6.07) is 77.0. The van der Waals surface area contributed by atoms with Gasteiger partial charge in [0.15, 0.2) is 0 Å². The van der Waals surface area contributed by atoms with Gasteiger partial charge in [0, 0.05) is 40.6 Å². The molecule has 0 spiro atoms. The molecule has 0 amide bonds. The lowest BCUT2D eigenvalue weighted by Gasteiger charge is -2.36. The molecule has 2 nitrogen and oxygen atoms in total. The van der Waals surface area contributed by atoms with Crippen molar-refractivity contribution in [2.75, 3.05) is 9.80 Å². The molecular weight excluding hydrogens is 773 g/mol. The Kier molecular flexibility index (Phi) is 8.52. The summed E-state index contributed by atoms with van der Waals surface area (Å²) in [6.45, 7) is 0. The molecule has 0 bridgehead atoms. The molecule has 13 rings (SSSR count). The molecule has 2 heteroatoms. The Bertz CT molecular complexity index is 3510. The highest BCUT2D eigenvalue weighted by Gasteiger charge is 2.29. The largest absolute Gasteiger partial charge is 0.310 e. The van der Waals surface area contributed by atoms with Crippen LogP contribution in [0.15, 0.2) is 230 Å². The van der Waals surface area contributed by atoms with E-state index >= 15 is 0 Å². The van der Waals surface area contributed by atoms with Crippen LogP contribution in [0.4, 0.5) is 28.4 Å². The second-order valence-electron chi connectivity index (χ2n) is 17.6. The molecule has 0 fully saturated rings. The average molecular weight is 817 g/mol. The van der Waals surface area contributed by atoms with Crippen molar-refractivity contribution in [3.05, 3.63) is 246 Å². The fourth-order valence-electron chi connectivity index (χ4n) is 10.9. The van der Waals surface area contributed by atoms with Crippen LogP contribution in [0.5, 0.6) is 0 Å². The molecule has 302 valence electrons. The van der Waals surface area contributed by atoms with Crippen molar-refractivity contribution in [2.45, 2.75) is 25.7 Å². The van der Waals surface area contributed by atoms with E-state index < -0.39 is 0 Å². The number of allylic oxidation sites excluding steroid dienone is 3. The van der Waals surface area contributed by atoms with E-state index in [0.717, 1.165) is 31.4 Å². The minimum absolute atomic E-state index is 0.922. The summed E-state index contributed by atoms with van der Waals surface area (Å²) < 4.78 is 0. The molecule has 1 aliphatic carbocycles. The first-order chi connectivity index (χ1) is 31.7. The smallest absolute Gasteiger partial charge is 0.0497 e. The van der Waals surface area contributed by atoms with Gasteiger partial charge in [-0.3, -0.25) is 0 Å². The molecule has 10 aromatic carbocycles. The van der Waals surface area contributed by atoms with E-state index in [-0.39, 0.29) is 0 Å². The van der Waals surface area contributed by atoms with E-state index in [1.165, 1.54) is 116 Å². The number of nitrogens with zero attached hydrogens (tertiary/aromatic N) is 2. The van der Waals surface area contributed by atoms with Crippen molar-refractivity contribution >= 4 is 60.8 Å². The molecule has 0 atom stereocenters. The Hall–Kier alpha value is -7.94. The monoisotopic (exact) mass is 816 g/mol. The van der Waals surface area contributed by atoms with Gasteiger partial charge < -0.3 is 9.80 Å². The number of rotatable bonds is 5. The van der Waals surface area contributed by atoms with Gasteiger partial charge in [0.2, 0.25) is 0 Å². The lowest BCUT2D eigenvalue weighted by molar-refractivity contribution is 0.857. The van der Waals surface area contributed by atoms with Crippen molar-refractivity contribution in [3.63, 3.8) is 0 Å². The molecule has 3 aliphatic rings. The van der Waals surface area contributed by atoms with E-state index in [2.05, 4.69) is 228 Å². The quantitative estimate of drug-likeness (QED) is 0.160. The van der Waals surface area contributed by atoms with Gasteiger partial charge in [-0.2, -0.15) is 0 Å². The molecule has 0 saturated heterocycles. The molecule has 0 aromatic heterocycles. The summed E-state index contributed by atoms with van der Waals surface area (Å²) in [5.41, 5.74) is 20.4. The number of hydrogen-bond acceptors (Lipinski definition) is 2. The second kappa shape index (κ2) is 14.9. The first-order valence-electron chi connectivity index (χ1n) is 22.6. The molecule has 0 unspecified atom stereocenters. The lowest BCUT2D eigenvalue weighted by Crippen LogP contribution is -2.24. The number of hydrogen-bond donors (Lipinski definition) is 0. The molecule has 2 heterocycles. The van der Waals surface area contributed by atoms with E-state index in [9.17, 15) is 0 Å². The summed E-state index contributed by atoms with van der Waals surface area (Å²) in [4.78, 5) is 5.01. The van der Waals surface area contributed by atoms with Gasteiger partial charge in [-0.05, 0) is 168 Å². The Morgan fingerprint density at radius 3 is 1.48 bits per heavy atom. The number of anilines is 5. The number of benzene rings is 10. The standard InChI is InChI=1S/C62H44N2/c1-3-15-41(16-4-1)43-27-28-45-36-50(30-29-44(45)35-43)62-54-34-32-51(63-57-23-11-7-19-46(57)37-47-20-8-12-24-58(47)63)39-55(54)61(42-17-5-2-6-18-42)53-33-31-52(40-56(53)62)64-59-25-13-9-21-48(59)38-49-22-10-14-26-60(49)64/h1-7,9-19,21-36,39-40H,8,20,37-38H2. The Labute approximate surface area is 374 Å². The minimum atomic E-state index is 0.922. The van der Waals surface area contributed by atoms with Gasteiger partial charge in [0.25, 0.3) is 0 Å². The van der Waals surface area contributed by atoms with Crippen molar-refractivity contribution in [2.24, 2.45) is 0 Å². The predicted octanol–water partition coefficient (Wildman–Crippen LogP) is 16.8. The number of fused-ring (bicyclic) bond motifs is 6. The molecule has 10 aromatic rings. The van der Waals surface area contributed by atoms with Crippen LogP contribution in [0.25, 0.3) is 65.7 Å². The van der Waals surface area contributed by atoms with Crippen LogP contribution < -0.4 is 9.80 Å². The summed E-state index contributed by atoms with van der Waals surface area (Å²) in [7, 11) is 0. The van der Waals surface area contributed by atoms with Gasteiger partial charge in [0.1, 0.15) is 0 Å². The predicted molar refractivity (Wildman–Crippen MR) is 270 cm³/mol. The van der Waals surface area contributed by atoms with E-state index in [4.69, 9.17) is 0 Å². The Morgan fingerprint density at radius 2 is 0.844 bits per heavy atom. The molecule has 0 radical (unpaired) electrons. The highest BCUT2D eigenvalue weighted by Crippen LogP contribution is 2.51. The van der Waals surface area contributed by atoms with Crippen LogP contribution in [-0.2, 0) is 12.8 Å². The van der Waals surface area contributed by atoms with Gasteiger partial charge in [0.05, 0.1) is 0 Å². The third-order valence-corrected chi connectivity index (χ3v) is 13.9. The minimum Gasteiger partial charge on any atom is -0.310 e. The van der Waals surface area contributed by atoms with Crippen LogP contribution in [0.2, 0.25) is 0 Å². The third kappa shape index (κ3) is 5.94. The molecule has 0 saturated carbocycles. The fraction of sp³-hybridized carbons (Fsp3) is 0.0645. The SMILES string of the molecule is C1=CC2=C(CC1)Cc1ccccc1N2c1ccc2c(-c3ccc4cc(-c5ccccc5)ccc4c3)c3cc(N4c5ccccc5Cc5ccccc54)ccc3c(-c3ccccc3)c2c1. The zero-order chi connectivity index (χ0) is 42.1. The van der Waals surface area contributed by atoms with Crippen molar-refractivity contribution in [1.82, 2.24) is 0 Å². The van der Waals surface area contributed by atoms with Crippen molar-refractivity contribution in [1.29, 1.82) is 0 Å². The zero-order valence-electron chi connectivity index (χ0n) is 35.5. The first kappa shape index (κ1) is 36.7. The number of para-hydroxylation sites is 3. The van der Waals surface area contributed by atoms with Crippen LogP contribution >= 0.6 is 0 Å². The van der Waals surface area contributed by atoms with Gasteiger partial charge >= 0.3 is 0 Å². The van der Waals surface area contributed by atoms with Crippen molar-refractivity contribution < 1.29 is 0 Å². The second-order valence-corrected chi connectivity index (χ2v) is 17.6. The molecule has 64 heavy (non-hydrogen) atoms. The van der Waals surface area contributed by atoms with Crippen LogP contribution in [0.1, 0.15) is 29.5 Å². The Morgan fingerprint density at radius 1 is 0.344 bits per heavy atom. The maximum atomic E-state index is 2.52.